The Morgan fingerprint density at radius 1 is 1.33 bits per heavy atom. The van der Waals surface area contributed by atoms with Crippen LogP contribution < -0.4 is 10.6 Å². The number of carbonyl (C=O) groups excluding carboxylic acids is 1. The number of anilines is 2. The van der Waals surface area contributed by atoms with Crippen LogP contribution in [0.5, 0.6) is 0 Å². The Balaban J connectivity index is 1.99. The van der Waals surface area contributed by atoms with Gasteiger partial charge in [0, 0.05) is 25.7 Å². The minimum atomic E-state index is -0.476. The van der Waals surface area contributed by atoms with E-state index in [-0.39, 0.29) is 12.1 Å². The number of carbonyl (C=O) groups is 1. The Morgan fingerprint density at radius 3 is 2.57 bits per heavy atom. The number of nitrogens with two attached hydrogens (primary N) is 1. The summed E-state index contributed by atoms with van der Waals surface area (Å²) in [5, 5.41) is 7.94. The summed E-state index contributed by atoms with van der Waals surface area (Å²) >= 11 is 0. The lowest BCUT2D eigenvalue weighted by atomic mass is 10.2. The molecule has 1 aromatic rings. The van der Waals surface area contributed by atoms with Gasteiger partial charge >= 0.3 is 6.09 Å². The van der Waals surface area contributed by atoms with E-state index in [1.54, 1.807) is 11.0 Å². The molecule has 2 N–H and O–H groups in total. The van der Waals surface area contributed by atoms with Crippen molar-refractivity contribution in [3.8, 4) is 0 Å². The number of aromatic nitrogens is 2. The number of nitrogen functional groups attached to an aromatic ring is 1. The average Bonchev–Trinajstić information content (AvgIpc) is 2.37. The first-order valence-corrected chi connectivity index (χ1v) is 7.10. The molecule has 7 nitrogen and oxygen atoms in total. The first-order chi connectivity index (χ1) is 9.76. The molecule has 1 atom stereocenters. The number of ether oxygens (including phenoxy) is 1. The molecule has 2 heterocycles. The van der Waals surface area contributed by atoms with Gasteiger partial charge in [-0.3, -0.25) is 0 Å². The zero-order valence-electron chi connectivity index (χ0n) is 13.0. The maximum atomic E-state index is 12.2. The van der Waals surface area contributed by atoms with Gasteiger partial charge in [0.15, 0.2) is 5.82 Å². The smallest absolute Gasteiger partial charge is 0.410 e. The van der Waals surface area contributed by atoms with Crippen molar-refractivity contribution in [2.75, 3.05) is 30.3 Å². The van der Waals surface area contributed by atoms with Gasteiger partial charge in [-0.05, 0) is 39.8 Å². The van der Waals surface area contributed by atoms with E-state index in [0.29, 0.717) is 25.5 Å². The Hall–Kier alpha value is -2.05. The van der Waals surface area contributed by atoms with Crippen LogP contribution in [0.4, 0.5) is 16.4 Å². The van der Waals surface area contributed by atoms with Gasteiger partial charge in [-0.25, -0.2) is 4.79 Å². The third kappa shape index (κ3) is 3.96. The Bertz CT molecular complexity index is 497. The van der Waals surface area contributed by atoms with Crippen molar-refractivity contribution < 1.29 is 9.53 Å². The van der Waals surface area contributed by atoms with Crippen LogP contribution in [0, 0.1) is 0 Å². The second-order valence-corrected chi connectivity index (χ2v) is 6.29. The summed E-state index contributed by atoms with van der Waals surface area (Å²) in [4.78, 5) is 16.0. The molecule has 1 unspecified atom stereocenters. The van der Waals surface area contributed by atoms with Gasteiger partial charge < -0.3 is 20.3 Å². The molecule has 1 aromatic heterocycles. The SMILES string of the molecule is CC1CN(c2ccc(N)nn2)CCN1C(=O)OC(C)(C)C. The lowest BCUT2D eigenvalue weighted by Gasteiger charge is -2.40. The van der Waals surface area contributed by atoms with E-state index >= 15 is 0 Å². The molecule has 21 heavy (non-hydrogen) atoms. The van der Waals surface area contributed by atoms with Crippen LogP contribution in [0.3, 0.4) is 0 Å². The van der Waals surface area contributed by atoms with Gasteiger partial charge in [-0.1, -0.05) is 0 Å². The van der Waals surface area contributed by atoms with Gasteiger partial charge in [-0.2, -0.15) is 0 Å². The molecule has 0 bridgehead atoms. The fourth-order valence-corrected chi connectivity index (χ4v) is 2.26. The highest BCUT2D eigenvalue weighted by Gasteiger charge is 2.31. The quantitative estimate of drug-likeness (QED) is 0.844. The number of hydrogen-bond donors (Lipinski definition) is 1. The summed E-state index contributed by atoms with van der Waals surface area (Å²) in [6, 6.07) is 3.62. The van der Waals surface area contributed by atoms with E-state index in [2.05, 4.69) is 15.1 Å². The minimum Gasteiger partial charge on any atom is -0.444 e. The first-order valence-electron chi connectivity index (χ1n) is 7.10. The normalized spacial score (nSPS) is 19.5. The van der Waals surface area contributed by atoms with Gasteiger partial charge in [-0.15, -0.1) is 10.2 Å². The zero-order valence-corrected chi connectivity index (χ0v) is 13.0. The van der Waals surface area contributed by atoms with Gasteiger partial charge in [0.1, 0.15) is 11.4 Å². The van der Waals surface area contributed by atoms with Crippen LogP contribution in [0.2, 0.25) is 0 Å². The second kappa shape index (κ2) is 5.75. The molecule has 1 saturated heterocycles. The number of piperazine rings is 1. The lowest BCUT2D eigenvalue weighted by Crippen LogP contribution is -2.55. The van der Waals surface area contributed by atoms with Crippen molar-refractivity contribution >= 4 is 17.7 Å². The van der Waals surface area contributed by atoms with Gasteiger partial charge in [0.05, 0.1) is 0 Å². The maximum Gasteiger partial charge on any atom is 0.410 e. The molecule has 1 amide bonds. The molecule has 1 aliphatic heterocycles. The topological polar surface area (TPSA) is 84.6 Å². The van der Waals surface area contributed by atoms with Crippen molar-refractivity contribution in [2.24, 2.45) is 0 Å². The first kappa shape index (κ1) is 15.3. The maximum absolute atomic E-state index is 12.2. The third-order valence-electron chi connectivity index (χ3n) is 3.25. The van der Waals surface area contributed by atoms with Crippen LogP contribution >= 0.6 is 0 Å². The number of rotatable bonds is 1. The summed E-state index contributed by atoms with van der Waals surface area (Å²) in [5.41, 5.74) is 5.07. The summed E-state index contributed by atoms with van der Waals surface area (Å²) in [6.07, 6.45) is -0.266. The van der Waals surface area contributed by atoms with Crippen molar-refractivity contribution in [3.05, 3.63) is 12.1 Å². The highest BCUT2D eigenvalue weighted by molar-refractivity contribution is 5.69. The van der Waals surface area contributed by atoms with E-state index in [4.69, 9.17) is 10.5 Å². The van der Waals surface area contributed by atoms with Crippen molar-refractivity contribution in [1.29, 1.82) is 0 Å². The van der Waals surface area contributed by atoms with Crippen LogP contribution in [0.15, 0.2) is 12.1 Å². The van der Waals surface area contributed by atoms with Gasteiger partial charge in [0.25, 0.3) is 0 Å². The van der Waals surface area contributed by atoms with Crippen molar-refractivity contribution in [3.63, 3.8) is 0 Å². The number of nitrogens with zero attached hydrogens (tertiary/aromatic N) is 4. The predicted octanol–water partition coefficient (Wildman–Crippen LogP) is 1.50. The van der Waals surface area contributed by atoms with Crippen LogP contribution in [0.25, 0.3) is 0 Å². The molecular weight excluding hydrogens is 270 g/mol. The van der Waals surface area contributed by atoms with E-state index < -0.39 is 5.60 Å². The summed E-state index contributed by atoms with van der Waals surface area (Å²) in [7, 11) is 0. The van der Waals surface area contributed by atoms with Gasteiger partial charge in [0.2, 0.25) is 0 Å². The summed E-state index contributed by atoms with van der Waals surface area (Å²) < 4.78 is 5.43. The Morgan fingerprint density at radius 2 is 2.05 bits per heavy atom. The third-order valence-corrected chi connectivity index (χ3v) is 3.25. The standard InChI is InChI=1S/C14H23N5O2/c1-10-9-18(12-6-5-11(15)16-17-12)7-8-19(10)13(20)21-14(2,3)4/h5-6,10H,7-9H2,1-4H3,(H2,15,16). The average molecular weight is 293 g/mol. The molecule has 0 saturated carbocycles. The molecule has 2 rings (SSSR count). The molecule has 0 radical (unpaired) electrons. The minimum absolute atomic E-state index is 0.0490. The summed E-state index contributed by atoms with van der Waals surface area (Å²) in [6.45, 7) is 9.60. The molecule has 1 aliphatic rings. The fourth-order valence-electron chi connectivity index (χ4n) is 2.26. The van der Waals surface area contributed by atoms with Crippen LogP contribution in [0.1, 0.15) is 27.7 Å². The lowest BCUT2D eigenvalue weighted by molar-refractivity contribution is 0.0158. The van der Waals surface area contributed by atoms with Crippen LogP contribution in [-0.4, -0.2) is 52.5 Å². The fraction of sp³-hybridized carbons (Fsp3) is 0.643. The monoisotopic (exact) mass is 293 g/mol. The number of hydrogen-bond acceptors (Lipinski definition) is 6. The Kier molecular flexibility index (Phi) is 4.20. The molecule has 0 spiro atoms. The van der Waals surface area contributed by atoms with E-state index in [1.807, 2.05) is 33.8 Å². The van der Waals surface area contributed by atoms with E-state index in [0.717, 1.165) is 5.82 Å². The number of amides is 1. The van der Waals surface area contributed by atoms with Crippen molar-refractivity contribution in [1.82, 2.24) is 15.1 Å². The molecule has 116 valence electrons. The van der Waals surface area contributed by atoms with E-state index in [9.17, 15) is 4.79 Å². The van der Waals surface area contributed by atoms with Crippen LogP contribution in [-0.2, 0) is 4.74 Å². The Labute approximate surface area is 125 Å². The molecule has 0 aromatic carbocycles. The molecule has 1 fully saturated rings. The second-order valence-electron chi connectivity index (χ2n) is 6.29. The summed E-state index contributed by atoms with van der Waals surface area (Å²) in [5.74, 6) is 1.18. The highest BCUT2D eigenvalue weighted by Crippen LogP contribution is 2.19. The highest BCUT2D eigenvalue weighted by atomic mass is 16.6. The van der Waals surface area contributed by atoms with E-state index in [1.165, 1.54) is 0 Å². The predicted molar refractivity (Wildman–Crippen MR) is 81.1 cm³/mol. The molecule has 0 aliphatic carbocycles. The van der Waals surface area contributed by atoms with Crippen molar-refractivity contribution in [2.45, 2.75) is 39.3 Å². The zero-order chi connectivity index (χ0) is 15.6. The molecule has 7 heteroatoms. The molecular formula is C14H23N5O2. The largest absolute Gasteiger partial charge is 0.444 e.